The Bertz CT molecular complexity index is 713. The molecule has 2 rings (SSSR count). The first kappa shape index (κ1) is 18.4. The topological polar surface area (TPSA) is 68.0 Å². The Labute approximate surface area is 141 Å². The minimum atomic E-state index is -4.37. The van der Waals surface area contributed by atoms with Crippen molar-refractivity contribution >= 4 is 22.4 Å². The highest BCUT2D eigenvalue weighted by molar-refractivity contribution is 7.15. The predicted octanol–water partition coefficient (Wildman–Crippen LogP) is 3.67. The number of nitrogens with one attached hydrogen (secondary N) is 1. The maximum Gasteiger partial charge on any atom is 0.416 e. The summed E-state index contributed by atoms with van der Waals surface area (Å²) in [5, 5.41) is 3.02. The number of hydrogen-bond acceptors (Lipinski definition) is 4. The normalized spacial score (nSPS) is 13.1. The number of alkyl halides is 3. The van der Waals surface area contributed by atoms with E-state index < -0.39 is 17.8 Å². The molecule has 3 N–H and O–H groups in total. The minimum absolute atomic E-state index is 0.00505. The van der Waals surface area contributed by atoms with E-state index >= 15 is 0 Å². The molecule has 0 fully saturated rings. The third-order valence-electron chi connectivity index (χ3n) is 3.44. The number of benzene rings is 1. The van der Waals surface area contributed by atoms with Crippen molar-refractivity contribution in [3.05, 3.63) is 46.5 Å². The average Bonchev–Trinajstić information content (AvgIpc) is 2.92. The first-order valence-corrected chi connectivity index (χ1v) is 8.15. The average molecular weight is 357 g/mol. The smallest absolute Gasteiger partial charge is 0.320 e. The molecular weight excluding hydrogens is 339 g/mol. The van der Waals surface area contributed by atoms with Crippen molar-refractivity contribution < 1.29 is 18.0 Å². The summed E-state index contributed by atoms with van der Waals surface area (Å²) in [6, 6.07) is 4.52. The highest BCUT2D eigenvalue weighted by Gasteiger charge is 2.30. The minimum Gasteiger partial charge on any atom is -0.320 e. The van der Waals surface area contributed by atoms with Crippen LogP contribution in [0.1, 0.15) is 29.9 Å². The monoisotopic (exact) mass is 357 g/mol. The number of thiazole rings is 1. The van der Waals surface area contributed by atoms with Gasteiger partial charge in [-0.1, -0.05) is 32.0 Å². The van der Waals surface area contributed by atoms with Crippen molar-refractivity contribution in [2.75, 3.05) is 5.32 Å². The molecule has 4 nitrogen and oxygen atoms in total. The van der Waals surface area contributed by atoms with Gasteiger partial charge in [-0.3, -0.25) is 4.79 Å². The Kier molecular flexibility index (Phi) is 5.61. The third-order valence-corrected chi connectivity index (χ3v) is 4.35. The van der Waals surface area contributed by atoms with Crippen molar-refractivity contribution in [3.8, 4) is 0 Å². The molecule has 1 atom stereocenters. The number of rotatable bonds is 5. The summed E-state index contributed by atoms with van der Waals surface area (Å²) in [7, 11) is 0. The molecule has 1 aromatic heterocycles. The van der Waals surface area contributed by atoms with Crippen molar-refractivity contribution in [1.29, 1.82) is 0 Å². The zero-order chi connectivity index (χ0) is 17.9. The van der Waals surface area contributed by atoms with Gasteiger partial charge in [0.25, 0.3) is 0 Å². The lowest BCUT2D eigenvalue weighted by atomic mass is 10.1. The summed E-state index contributed by atoms with van der Waals surface area (Å²) in [4.78, 5) is 16.7. The van der Waals surface area contributed by atoms with Crippen LogP contribution in [0, 0.1) is 5.92 Å². The Hall–Kier alpha value is -1.93. The quantitative estimate of drug-likeness (QED) is 0.858. The van der Waals surface area contributed by atoms with Crippen LogP contribution in [0.3, 0.4) is 0 Å². The van der Waals surface area contributed by atoms with Gasteiger partial charge in [0.05, 0.1) is 11.6 Å². The van der Waals surface area contributed by atoms with Gasteiger partial charge in [-0.15, -0.1) is 11.3 Å². The molecular formula is C16H18F3N3OS. The third kappa shape index (κ3) is 4.78. The van der Waals surface area contributed by atoms with Gasteiger partial charge in [0, 0.05) is 17.5 Å². The summed E-state index contributed by atoms with van der Waals surface area (Å²) >= 11 is 1.22. The van der Waals surface area contributed by atoms with Crippen molar-refractivity contribution in [1.82, 2.24) is 4.98 Å². The molecule has 1 aromatic carbocycles. The largest absolute Gasteiger partial charge is 0.416 e. The summed E-state index contributed by atoms with van der Waals surface area (Å²) in [6.45, 7) is 3.68. The van der Waals surface area contributed by atoms with E-state index in [0.29, 0.717) is 17.1 Å². The van der Waals surface area contributed by atoms with Gasteiger partial charge in [0.2, 0.25) is 5.91 Å². The number of carbonyl (C=O) groups excluding carboxylic acids is 1. The van der Waals surface area contributed by atoms with E-state index in [1.165, 1.54) is 17.4 Å². The summed E-state index contributed by atoms with van der Waals surface area (Å²) in [5.74, 6) is -0.334. The van der Waals surface area contributed by atoms with Crippen LogP contribution in [-0.2, 0) is 17.4 Å². The molecule has 0 saturated heterocycles. The highest BCUT2D eigenvalue weighted by atomic mass is 32.1. The molecule has 0 aliphatic carbocycles. The summed E-state index contributed by atoms with van der Waals surface area (Å²) in [5.41, 5.74) is 5.61. The molecule has 8 heteroatoms. The fourth-order valence-electron chi connectivity index (χ4n) is 2.00. The molecule has 0 saturated carbocycles. The summed E-state index contributed by atoms with van der Waals surface area (Å²) in [6.07, 6.45) is -2.51. The van der Waals surface area contributed by atoms with Crippen LogP contribution in [0.2, 0.25) is 0 Å². The predicted molar refractivity (Wildman–Crippen MR) is 87.8 cm³/mol. The Morgan fingerprint density at radius 3 is 2.71 bits per heavy atom. The van der Waals surface area contributed by atoms with Crippen LogP contribution in [0.5, 0.6) is 0 Å². The number of carbonyl (C=O) groups is 1. The molecule has 130 valence electrons. The summed E-state index contributed by atoms with van der Waals surface area (Å²) < 4.78 is 38.2. The van der Waals surface area contributed by atoms with Crippen LogP contribution in [-0.4, -0.2) is 16.9 Å². The van der Waals surface area contributed by atoms with Gasteiger partial charge in [-0.05, 0) is 17.5 Å². The van der Waals surface area contributed by atoms with Crippen LogP contribution < -0.4 is 11.1 Å². The van der Waals surface area contributed by atoms with E-state index in [0.717, 1.165) is 17.0 Å². The second kappa shape index (κ2) is 7.31. The van der Waals surface area contributed by atoms with E-state index in [1.54, 1.807) is 12.3 Å². The van der Waals surface area contributed by atoms with Gasteiger partial charge in [-0.25, -0.2) is 4.98 Å². The molecule has 1 heterocycles. The van der Waals surface area contributed by atoms with Crippen molar-refractivity contribution in [2.45, 2.75) is 32.5 Å². The first-order chi connectivity index (χ1) is 11.2. The fourth-order valence-corrected chi connectivity index (χ4v) is 2.85. The molecule has 1 amide bonds. The first-order valence-electron chi connectivity index (χ1n) is 7.34. The lowest BCUT2D eigenvalue weighted by molar-refractivity contribution is -0.137. The molecule has 24 heavy (non-hydrogen) atoms. The van der Waals surface area contributed by atoms with Crippen LogP contribution >= 0.6 is 11.3 Å². The SMILES string of the molecule is CC(C)[C@H](N)C(=O)Nc1ncc(Cc2cccc(C(F)(F)F)c2)s1. The number of aromatic nitrogens is 1. The van der Waals surface area contributed by atoms with E-state index in [1.807, 2.05) is 13.8 Å². The van der Waals surface area contributed by atoms with Gasteiger partial charge in [0.15, 0.2) is 5.13 Å². The number of anilines is 1. The van der Waals surface area contributed by atoms with Crippen LogP contribution in [0.15, 0.2) is 30.5 Å². The molecule has 0 unspecified atom stereocenters. The van der Waals surface area contributed by atoms with E-state index in [9.17, 15) is 18.0 Å². The molecule has 0 aliphatic heterocycles. The lowest BCUT2D eigenvalue weighted by Gasteiger charge is -2.13. The fraction of sp³-hybridized carbons (Fsp3) is 0.375. The maximum atomic E-state index is 12.7. The maximum absolute atomic E-state index is 12.7. The lowest BCUT2D eigenvalue weighted by Crippen LogP contribution is -2.39. The molecule has 0 bridgehead atoms. The second-order valence-corrected chi connectivity index (χ2v) is 6.88. The Morgan fingerprint density at radius 2 is 2.08 bits per heavy atom. The van der Waals surface area contributed by atoms with Crippen LogP contribution in [0.25, 0.3) is 0 Å². The van der Waals surface area contributed by atoms with Gasteiger partial charge in [0.1, 0.15) is 0 Å². The van der Waals surface area contributed by atoms with Crippen LogP contribution in [0.4, 0.5) is 18.3 Å². The zero-order valence-corrected chi connectivity index (χ0v) is 14.0. The zero-order valence-electron chi connectivity index (χ0n) is 13.2. The Morgan fingerprint density at radius 1 is 1.38 bits per heavy atom. The van der Waals surface area contributed by atoms with E-state index in [2.05, 4.69) is 10.3 Å². The molecule has 0 spiro atoms. The van der Waals surface area contributed by atoms with E-state index in [-0.39, 0.29) is 11.8 Å². The standard InChI is InChI=1S/C16H18F3N3OS/c1-9(2)13(20)14(23)22-15-21-8-12(24-15)7-10-4-3-5-11(6-10)16(17,18)19/h3-6,8-9,13H,7,20H2,1-2H3,(H,21,22,23)/t13-/m0/s1. The molecule has 0 radical (unpaired) electrons. The van der Waals surface area contributed by atoms with E-state index in [4.69, 9.17) is 5.73 Å². The van der Waals surface area contributed by atoms with Crippen molar-refractivity contribution in [3.63, 3.8) is 0 Å². The second-order valence-electron chi connectivity index (χ2n) is 5.77. The van der Waals surface area contributed by atoms with Gasteiger partial charge < -0.3 is 11.1 Å². The van der Waals surface area contributed by atoms with Crippen molar-refractivity contribution in [2.24, 2.45) is 11.7 Å². The highest BCUT2D eigenvalue weighted by Crippen LogP contribution is 2.30. The number of hydrogen-bond donors (Lipinski definition) is 2. The number of halogens is 3. The van der Waals surface area contributed by atoms with Gasteiger partial charge >= 0.3 is 6.18 Å². The number of nitrogens with zero attached hydrogens (tertiary/aromatic N) is 1. The Balaban J connectivity index is 2.05. The number of amides is 1. The van der Waals surface area contributed by atoms with Gasteiger partial charge in [-0.2, -0.15) is 13.2 Å². The number of nitrogens with two attached hydrogens (primary N) is 1. The molecule has 2 aromatic rings. The molecule has 0 aliphatic rings.